The van der Waals surface area contributed by atoms with E-state index in [-0.39, 0.29) is 5.91 Å². The first-order chi connectivity index (χ1) is 13.5. The number of thiophene rings is 1. The Bertz CT molecular complexity index is 1030. The number of aromatic nitrogens is 2. The molecular weight excluding hydrogens is 374 g/mol. The molecule has 2 aliphatic carbocycles. The lowest BCUT2D eigenvalue weighted by Crippen LogP contribution is -2.39. The second kappa shape index (κ2) is 6.67. The minimum absolute atomic E-state index is 0.178. The molecule has 2 bridgehead atoms. The summed E-state index contributed by atoms with van der Waals surface area (Å²) in [5.74, 6) is 0.884. The standard InChI is InChI=1S/C21H23N3O3S/c1-12-18-15(10-16(17-3-2-8-28-17)23-20(18)27-24-12)19(25)22-7-6-21(26)11-13-4-5-14(21)9-13/h2-3,8,10,13-14,26H,4-7,9,11H2,1H3,(H,22,25). The van der Waals surface area contributed by atoms with Gasteiger partial charge in [-0.2, -0.15) is 0 Å². The number of rotatable bonds is 5. The fourth-order valence-electron chi connectivity index (χ4n) is 5.03. The molecule has 2 aliphatic rings. The van der Waals surface area contributed by atoms with Gasteiger partial charge in [-0.05, 0) is 68.4 Å². The van der Waals surface area contributed by atoms with Gasteiger partial charge in [0.15, 0.2) is 0 Å². The minimum atomic E-state index is -0.612. The van der Waals surface area contributed by atoms with Crippen molar-refractivity contribution >= 4 is 28.3 Å². The Morgan fingerprint density at radius 2 is 2.36 bits per heavy atom. The van der Waals surface area contributed by atoms with Crippen molar-refractivity contribution in [2.24, 2.45) is 11.8 Å². The third-order valence-electron chi connectivity index (χ3n) is 6.42. The van der Waals surface area contributed by atoms with Crippen LogP contribution in [-0.4, -0.2) is 33.3 Å². The number of nitrogens with zero attached hydrogens (tertiary/aromatic N) is 2. The lowest BCUT2D eigenvalue weighted by molar-refractivity contribution is -0.0195. The molecule has 6 nitrogen and oxygen atoms in total. The van der Waals surface area contributed by atoms with Crippen LogP contribution in [0.2, 0.25) is 0 Å². The van der Waals surface area contributed by atoms with E-state index in [0.29, 0.717) is 52.9 Å². The predicted molar refractivity (Wildman–Crippen MR) is 107 cm³/mol. The van der Waals surface area contributed by atoms with Gasteiger partial charge in [0.05, 0.1) is 32.8 Å². The lowest BCUT2D eigenvalue weighted by atomic mass is 9.82. The van der Waals surface area contributed by atoms with E-state index < -0.39 is 5.60 Å². The lowest BCUT2D eigenvalue weighted by Gasteiger charge is -2.32. The molecule has 7 heteroatoms. The second-order valence-electron chi connectivity index (χ2n) is 8.17. The molecule has 3 aromatic rings. The van der Waals surface area contributed by atoms with Crippen LogP contribution in [-0.2, 0) is 0 Å². The molecule has 3 unspecified atom stereocenters. The molecule has 0 saturated heterocycles. The SMILES string of the molecule is Cc1noc2nc(-c3cccs3)cc(C(=O)NCCC3(O)CC4CCC3C4)c12. The molecule has 2 saturated carbocycles. The molecule has 1 amide bonds. The van der Waals surface area contributed by atoms with Gasteiger partial charge in [-0.3, -0.25) is 4.79 Å². The van der Waals surface area contributed by atoms with E-state index in [0.717, 1.165) is 24.1 Å². The topological polar surface area (TPSA) is 88.2 Å². The van der Waals surface area contributed by atoms with Crippen molar-refractivity contribution in [2.45, 2.75) is 44.6 Å². The molecule has 0 aliphatic heterocycles. The molecule has 146 valence electrons. The van der Waals surface area contributed by atoms with Crippen LogP contribution in [0, 0.1) is 18.8 Å². The molecule has 3 heterocycles. The molecular formula is C21H23N3O3S. The average Bonchev–Trinajstić information content (AvgIpc) is 3.45. The van der Waals surface area contributed by atoms with Crippen molar-refractivity contribution in [1.82, 2.24) is 15.5 Å². The highest BCUT2D eigenvalue weighted by Crippen LogP contribution is 2.51. The number of pyridine rings is 1. The fourth-order valence-corrected chi connectivity index (χ4v) is 5.72. The van der Waals surface area contributed by atoms with Crippen LogP contribution in [0.4, 0.5) is 0 Å². The number of carbonyl (C=O) groups is 1. The average molecular weight is 398 g/mol. The Labute approximate surface area is 167 Å². The minimum Gasteiger partial charge on any atom is -0.390 e. The molecule has 28 heavy (non-hydrogen) atoms. The Hall–Kier alpha value is -2.25. The maximum atomic E-state index is 13.0. The number of carbonyl (C=O) groups excluding carboxylic acids is 1. The van der Waals surface area contributed by atoms with E-state index in [1.54, 1.807) is 17.4 Å². The first-order valence-corrected chi connectivity index (χ1v) is 10.7. The van der Waals surface area contributed by atoms with Crippen molar-refractivity contribution in [3.8, 4) is 10.6 Å². The van der Waals surface area contributed by atoms with Crippen molar-refractivity contribution in [3.05, 3.63) is 34.8 Å². The summed E-state index contributed by atoms with van der Waals surface area (Å²) < 4.78 is 5.34. The van der Waals surface area contributed by atoms with E-state index in [9.17, 15) is 9.90 Å². The highest BCUT2D eigenvalue weighted by molar-refractivity contribution is 7.13. The maximum absolute atomic E-state index is 13.0. The van der Waals surface area contributed by atoms with E-state index in [1.807, 2.05) is 24.4 Å². The number of nitrogens with one attached hydrogen (secondary N) is 1. The summed E-state index contributed by atoms with van der Waals surface area (Å²) >= 11 is 1.56. The summed E-state index contributed by atoms with van der Waals surface area (Å²) in [6.45, 7) is 2.27. The van der Waals surface area contributed by atoms with E-state index in [1.165, 1.54) is 6.42 Å². The molecule has 0 radical (unpaired) electrons. The third kappa shape index (κ3) is 2.93. The quantitative estimate of drug-likeness (QED) is 0.681. The Balaban J connectivity index is 1.37. The smallest absolute Gasteiger partial charge is 0.259 e. The van der Waals surface area contributed by atoms with Gasteiger partial charge in [-0.25, -0.2) is 4.98 Å². The van der Waals surface area contributed by atoms with Crippen molar-refractivity contribution < 1.29 is 14.4 Å². The molecule has 3 atom stereocenters. The summed E-state index contributed by atoms with van der Waals surface area (Å²) in [4.78, 5) is 18.5. The second-order valence-corrected chi connectivity index (χ2v) is 9.12. The van der Waals surface area contributed by atoms with Gasteiger partial charge in [0, 0.05) is 6.54 Å². The summed E-state index contributed by atoms with van der Waals surface area (Å²) in [6, 6.07) is 5.72. The van der Waals surface area contributed by atoms with Crippen LogP contribution in [0.25, 0.3) is 21.7 Å². The van der Waals surface area contributed by atoms with E-state index in [4.69, 9.17) is 4.52 Å². The highest BCUT2D eigenvalue weighted by atomic mass is 32.1. The Morgan fingerprint density at radius 3 is 3.07 bits per heavy atom. The van der Waals surface area contributed by atoms with Crippen molar-refractivity contribution in [3.63, 3.8) is 0 Å². The number of aryl methyl sites for hydroxylation is 1. The van der Waals surface area contributed by atoms with Gasteiger partial charge in [-0.1, -0.05) is 11.2 Å². The van der Waals surface area contributed by atoms with Crippen molar-refractivity contribution in [2.75, 3.05) is 6.54 Å². The van der Waals surface area contributed by atoms with Crippen LogP contribution in [0.3, 0.4) is 0 Å². The Morgan fingerprint density at radius 1 is 1.46 bits per heavy atom. The van der Waals surface area contributed by atoms with Crippen LogP contribution >= 0.6 is 11.3 Å². The zero-order valence-electron chi connectivity index (χ0n) is 15.8. The van der Waals surface area contributed by atoms with Gasteiger partial charge in [0.25, 0.3) is 11.6 Å². The largest absolute Gasteiger partial charge is 0.390 e. The predicted octanol–water partition coefficient (Wildman–Crippen LogP) is 3.93. The summed E-state index contributed by atoms with van der Waals surface area (Å²) in [5.41, 5.74) is 1.64. The van der Waals surface area contributed by atoms with Gasteiger partial charge in [0.2, 0.25) is 0 Å². The molecule has 0 spiro atoms. The molecule has 5 rings (SSSR count). The summed E-state index contributed by atoms with van der Waals surface area (Å²) in [5, 5.41) is 20.5. The van der Waals surface area contributed by atoms with Gasteiger partial charge in [-0.15, -0.1) is 11.3 Å². The van der Waals surface area contributed by atoms with Gasteiger partial charge < -0.3 is 14.9 Å². The van der Waals surface area contributed by atoms with E-state index in [2.05, 4.69) is 15.5 Å². The Kier molecular flexibility index (Phi) is 4.25. The summed E-state index contributed by atoms with van der Waals surface area (Å²) in [7, 11) is 0. The number of hydrogen-bond donors (Lipinski definition) is 2. The fraction of sp³-hybridized carbons (Fsp3) is 0.476. The number of aliphatic hydroxyl groups is 1. The zero-order valence-corrected chi connectivity index (χ0v) is 16.6. The first-order valence-electron chi connectivity index (χ1n) is 9.85. The van der Waals surface area contributed by atoms with Crippen LogP contribution < -0.4 is 5.32 Å². The van der Waals surface area contributed by atoms with E-state index >= 15 is 0 Å². The first kappa shape index (κ1) is 17.8. The zero-order chi connectivity index (χ0) is 19.3. The van der Waals surface area contributed by atoms with Gasteiger partial charge >= 0.3 is 0 Å². The number of fused-ring (bicyclic) bond motifs is 3. The number of amides is 1. The van der Waals surface area contributed by atoms with Crippen LogP contribution in [0.15, 0.2) is 28.1 Å². The monoisotopic (exact) mass is 397 g/mol. The highest BCUT2D eigenvalue weighted by Gasteiger charge is 2.49. The summed E-state index contributed by atoms with van der Waals surface area (Å²) in [6.07, 6.45) is 4.98. The maximum Gasteiger partial charge on any atom is 0.259 e. The molecule has 0 aromatic carbocycles. The van der Waals surface area contributed by atoms with Gasteiger partial charge in [0.1, 0.15) is 0 Å². The molecule has 3 aromatic heterocycles. The number of hydrogen-bond acceptors (Lipinski definition) is 6. The van der Waals surface area contributed by atoms with Crippen LogP contribution in [0.5, 0.6) is 0 Å². The normalized spacial score (nSPS) is 26.2. The molecule has 2 fully saturated rings. The van der Waals surface area contributed by atoms with Crippen LogP contribution in [0.1, 0.15) is 48.2 Å². The van der Waals surface area contributed by atoms with Crippen molar-refractivity contribution in [1.29, 1.82) is 0 Å². The molecule has 2 N–H and O–H groups in total. The third-order valence-corrected chi connectivity index (χ3v) is 7.31.